The first-order valence-corrected chi connectivity index (χ1v) is 0. The van der Waals surface area contributed by atoms with Gasteiger partial charge in [-0.25, -0.2) is 0 Å². The molecule has 0 aliphatic rings. The van der Waals surface area contributed by atoms with Gasteiger partial charge in [0.25, 0.3) is 0 Å². The Morgan fingerprint density at radius 1 is 1.00 bits per heavy atom. The van der Waals surface area contributed by atoms with Gasteiger partial charge in [0.15, 0.2) is 0 Å². The van der Waals surface area contributed by atoms with Crippen LogP contribution in [0.3, 0.4) is 0 Å². The minimum atomic E-state index is 0. The van der Waals surface area contributed by atoms with Crippen LogP contribution in [-0.4, -0.2) is 52.6 Å². The molecule has 6 radical (unpaired) electrons. The van der Waals surface area contributed by atoms with E-state index < -0.39 is 0 Å². The van der Waals surface area contributed by atoms with Crippen LogP contribution in [0.4, 0.5) is 0 Å². The molecule has 0 fully saturated rings. The molecule has 0 bridgehead atoms. The third-order valence-corrected chi connectivity index (χ3v) is 0. The fourth-order valence-electron chi connectivity index (χ4n) is 0. The topological polar surface area (TPSA) is 0 Å². The fourth-order valence-corrected chi connectivity index (χ4v) is 0. The van der Waals surface area contributed by atoms with Gasteiger partial charge in [-0.05, 0) is 0 Å². The van der Waals surface area contributed by atoms with Crippen molar-refractivity contribution in [2.24, 2.45) is 0 Å². The Hall–Kier alpha value is 2.72. The average molecular weight is 134 g/mol. The third-order valence-electron chi connectivity index (χ3n) is 0. The van der Waals surface area contributed by atoms with Crippen LogP contribution in [-0.2, 0) is 17.1 Å². The van der Waals surface area contributed by atoms with Gasteiger partial charge in [0.1, 0.15) is 0 Å². The van der Waals surface area contributed by atoms with Gasteiger partial charge >= 0.3 is 0 Å². The molecule has 0 rings (SSSR count). The zero-order chi connectivity index (χ0) is 0. The van der Waals surface area contributed by atoms with E-state index in [-0.39, 0.29) is 79.6 Å². The van der Waals surface area contributed by atoms with Crippen LogP contribution in [0.2, 0.25) is 0 Å². The Labute approximate surface area is 78.4 Å². The van der Waals surface area contributed by atoms with Gasteiger partial charge < -0.3 is 0 Å². The smallest absolute Gasteiger partial charge is 0 e. The Kier molecular flexibility index (Phi) is 128. The largest absolute Gasteiger partial charge is 0 e. The van der Waals surface area contributed by atoms with Gasteiger partial charge in [0.05, 0.1) is 0 Å². The van der Waals surface area contributed by atoms with Crippen molar-refractivity contribution < 1.29 is 17.1 Å². The van der Waals surface area contributed by atoms with E-state index in [1.54, 1.807) is 0 Å². The maximum absolute atomic E-state index is 0. The molecule has 0 aromatic rings. The van der Waals surface area contributed by atoms with E-state index in [1.807, 2.05) is 0 Å². The molecule has 0 spiro atoms. The van der Waals surface area contributed by atoms with Crippen LogP contribution in [0.1, 0.15) is 0 Å². The standard InChI is InChI=1S/Fe.Mg.Na.P. The SMILES string of the molecule is [Fe].[Mg].[Na].[P]. The molecule has 0 amide bonds. The zero-order valence-electron chi connectivity index (χ0n) is 2.51. The van der Waals surface area contributed by atoms with E-state index >= 15 is 0 Å². The van der Waals surface area contributed by atoms with Crippen LogP contribution < -0.4 is 0 Å². The Morgan fingerprint density at radius 2 is 1.00 bits per heavy atom. The van der Waals surface area contributed by atoms with Crippen molar-refractivity contribution in [2.45, 2.75) is 0 Å². The van der Waals surface area contributed by atoms with Gasteiger partial charge in [0, 0.05) is 79.6 Å². The Balaban J connectivity index is 0. The summed E-state index contributed by atoms with van der Waals surface area (Å²) in [6.45, 7) is 0. The van der Waals surface area contributed by atoms with Crippen molar-refractivity contribution in [3.63, 3.8) is 0 Å². The molecule has 0 unspecified atom stereocenters. The number of rotatable bonds is 0. The summed E-state index contributed by atoms with van der Waals surface area (Å²) in [5.74, 6) is 0. The van der Waals surface area contributed by atoms with Gasteiger partial charge in [-0.2, -0.15) is 0 Å². The third kappa shape index (κ3) is 8.83. The van der Waals surface area contributed by atoms with Crippen molar-refractivity contribution in [3.05, 3.63) is 0 Å². The second kappa shape index (κ2) is 17.2. The van der Waals surface area contributed by atoms with Crippen molar-refractivity contribution in [2.75, 3.05) is 0 Å². The zero-order valence-corrected chi connectivity index (χ0v) is 7.92. The quantitative estimate of drug-likeness (QED) is 0.325. The molecule has 0 atom stereocenters. The van der Waals surface area contributed by atoms with E-state index in [9.17, 15) is 0 Å². The van der Waals surface area contributed by atoms with Crippen LogP contribution in [0.5, 0.6) is 0 Å². The molecule has 0 aliphatic carbocycles. The first-order valence-electron chi connectivity index (χ1n) is 0. The van der Waals surface area contributed by atoms with E-state index in [2.05, 4.69) is 0 Å². The molecular weight excluding hydrogens is 134 g/mol. The van der Waals surface area contributed by atoms with E-state index in [4.69, 9.17) is 0 Å². The average Bonchev–Trinajstić information content (AvgIpc) is 0. The Bertz CT molecular complexity index is 8.00. The van der Waals surface area contributed by atoms with Crippen molar-refractivity contribution in [3.8, 4) is 0 Å². The summed E-state index contributed by atoms with van der Waals surface area (Å²) in [5, 5.41) is 0. The van der Waals surface area contributed by atoms with E-state index in [0.29, 0.717) is 0 Å². The maximum atomic E-state index is 0. The predicted molar refractivity (Wildman–Crippen MR) is 18.4 cm³/mol. The van der Waals surface area contributed by atoms with Crippen LogP contribution >= 0.6 is 9.90 Å². The molecule has 0 nitrogen and oxygen atoms in total. The molecule has 0 N–H and O–H groups in total. The summed E-state index contributed by atoms with van der Waals surface area (Å²) in [4.78, 5) is 0. The predicted octanol–water partition coefficient (Wildman–Crippen LogP) is 0.0971. The molecule has 4 heteroatoms. The van der Waals surface area contributed by atoms with Crippen molar-refractivity contribution in [1.82, 2.24) is 0 Å². The molecule has 4 heavy (non-hydrogen) atoms. The van der Waals surface area contributed by atoms with E-state index in [0.717, 1.165) is 0 Å². The van der Waals surface area contributed by atoms with E-state index in [1.165, 1.54) is 0 Å². The minimum absolute atomic E-state index is 0. The van der Waals surface area contributed by atoms with Gasteiger partial charge in [-0.1, -0.05) is 0 Å². The summed E-state index contributed by atoms with van der Waals surface area (Å²) in [7, 11) is 0. The van der Waals surface area contributed by atoms with Gasteiger partial charge in [-0.3, -0.25) is 0 Å². The van der Waals surface area contributed by atoms with Crippen molar-refractivity contribution >= 4 is 62.5 Å². The monoisotopic (exact) mass is 134 g/mol. The summed E-state index contributed by atoms with van der Waals surface area (Å²) in [6, 6.07) is 0. The van der Waals surface area contributed by atoms with Crippen molar-refractivity contribution in [1.29, 1.82) is 0 Å². The first-order chi connectivity index (χ1) is 0. The summed E-state index contributed by atoms with van der Waals surface area (Å²) in [5.41, 5.74) is 0. The van der Waals surface area contributed by atoms with Crippen LogP contribution in [0, 0.1) is 0 Å². The van der Waals surface area contributed by atoms with Gasteiger partial charge in [-0.15, -0.1) is 0 Å². The van der Waals surface area contributed by atoms with Crippen LogP contribution in [0.15, 0.2) is 0 Å². The summed E-state index contributed by atoms with van der Waals surface area (Å²) < 4.78 is 0. The van der Waals surface area contributed by atoms with Gasteiger partial charge in [0.2, 0.25) is 0 Å². The molecule has 0 aliphatic heterocycles. The minimum Gasteiger partial charge on any atom is 0 e. The first kappa shape index (κ1) is 29.7. The summed E-state index contributed by atoms with van der Waals surface area (Å²) in [6.07, 6.45) is 0. The number of hydrogen-bond donors (Lipinski definition) is 0. The molecule has 0 saturated carbocycles. The normalized spacial score (nSPS) is 0. The molecule has 0 heterocycles. The maximum Gasteiger partial charge on any atom is 0 e. The second-order valence-electron chi connectivity index (χ2n) is 0. The summed E-state index contributed by atoms with van der Waals surface area (Å²) >= 11 is 0. The number of hydrogen-bond acceptors (Lipinski definition) is 0. The molecular formula is FeMgNaP. The second-order valence-corrected chi connectivity index (χ2v) is 0. The van der Waals surface area contributed by atoms with Crippen LogP contribution in [0.25, 0.3) is 0 Å². The molecule has 0 saturated heterocycles. The Morgan fingerprint density at radius 3 is 1.00 bits per heavy atom. The molecule has 0 aromatic carbocycles. The fraction of sp³-hybridized carbons (Fsp3) is 0. The molecule has 0 aromatic heterocycles. The molecule has 16 valence electrons.